The molecule has 1 heterocycles. The Labute approximate surface area is 121 Å². The molecule has 1 aromatic carbocycles. The fraction of sp³-hybridized carbons (Fsp3) is 0.154. The van der Waals surface area contributed by atoms with E-state index in [1.165, 1.54) is 12.1 Å². The Hall–Kier alpha value is -2.35. The molecule has 1 aromatic heterocycles. The van der Waals surface area contributed by atoms with Gasteiger partial charge in [0.15, 0.2) is 9.84 Å². The summed E-state index contributed by atoms with van der Waals surface area (Å²) < 4.78 is 36.4. The summed E-state index contributed by atoms with van der Waals surface area (Å²) in [7, 11) is -3.47. The molecular formula is C13H13FN4O2S. The number of hydrogen-bond donors (Lipinski definition) is 0. The molecule has 0 amide bonds. The maximum atomic E-state index is 13.1. The summed E-state index contributed by atoms with van der Waals surface area (Å²) in [6.45, 7) is 5.60. The van der Waals surface area contributed by atoms with Crippen molar-refractivity contribution in [1.82, 2.24) is 15.0 Å². The molecule has 21 heavy (non-hydrogen) atoms. The number of benzene rings is 1. The van der Waals surface area contributed by atoms with Crippen molar-refractivity contribution in [1.29, 1.82) is 0 Å². The smallest absolute Gasteiger partial charge is 0.311 e. The zero-order valence-electron chi connectivity index (χ0n) is 11.3. The van der Waals surface area contributed by atoms with Crippen molar-refractivity contribution < 1.29 is 12.8 Å². The van der Waals surface area contributed by atoms with Gasteiger partial charge in [0.05, 0.1) is 4.90 Å². The van der Waals surface area contributed by atoms with Crippen molar-refractivity contribution >= 4 is 21.5 Å². The van der Waals surface area contributed by atoms with E-state index in [4.69, 9.17) is 0 Å². The highest BCUT2D eigenvalue weighted by Crippen LogP contribution is 2.23. The summed E-state index contributed by atoms with van der Waals surface area (Å²) in [5, 5.41) is 0.890. The van der Waals surface area contributed by atoms with Crippen molar-refractivity contribution in [2.45, 2.75) is 11.8 Å². The van der Waals surface area contributed by atoms with E-state index in [9.17, 15) is 12.8 Å². The van der Waals surface area contributed by atoms with Gasteiger partial charge in [-0.3, -0.25) is 0 Å². The Morgan fingerprint density at radius 1 is 1.29 bits per heavy atom. The molecule has 0 aliphatic heterocycles. The van der Waals surface area contributed by atoms with E-state index in [0.717, 1.165) is 11.7 Å². The van der Waals surface area contributed by atoms with Gasteiger partial charge in [0, 0.05) is 17.6 Å². The average Bonchev–Trinajstić information content (AvgIpc) is 2.49. The fourth-order valence-corrected chi connectivity index (χ4v) is 2.46. The molecule has 6 nitrogen and oxygen atoms in total. The van der Waals surface area contributed by atoms with Crippen molar-refractivity contribution in [3.8, 4) is 0 Å². The standard InChI is InChI=1S/C13H13FN4O2S/c1-3-18(13-16-9-15-12(14)17-13)10-5-7-11(8-6-10)21(19,20)4-2/h4-9H,2-3H2,1H3. The molecule has 2 rings (SSSR count). The van der Waals surface area contributed by atoms with Gasteiger partial charge in [-0.05, 0) is 31.2 Å². The van der Waals surface area contributed by atoms with Crippen LogP contribution in [0.25, 0.3) is 0 Å². The first-order valence-electron chi connectivity index (χ1n) is 6.07. The molecule has 0 aliphatic rings. The number of halogens is 1. The van der Waals surface area contributed by atoms with Crippen LogP contribution in [0.2, 0.25) is 0 Å². The minimum absolute atomic E-state index is 0.138. The van der Waals surface area contributed by atoms with Crippen molar-refractivity contribution in [3.05, 3.63) is 48.7 Å². The van der Waals surface area contributed by atoms with Gasteiger partial charge in [-0.2, -0.15) is 14.4 Å². The minimum Gasteiger partial charge on any atom is -0.311 e. The molecule has 0 saturated heterocycles. The van der Waals surface area contributed by atoms with Crippen LogP contribution in [-0.4, -0.2) is 29.9 Å². The lowest BCUT2D eigenvalue weighted by Gasteiger charge is -2.20. The highest BCUT2D eigenvalue weighted by Gasteiger charge is 2.14. The summed E-state index contributed by atoms with van der Waals surface area (Å²) in [4.78, 5) is 12.6. The monoisotopic (exact) mass is 308 g/mol. The first-order chi connectivity index (χ1) is 9.97. The van der Waals surface area contributed by atoms with Gasteiger partial charge in [-0.1, -0.05) is 6.58 Å². The van der Waals surface area contributed by atoms with Crippen LogP contribution in [0.1, 0.15) is 6.92 Å². The molecule has 0 N–H and O–H groups in total. The molecule has 0 spiro atoms. The topological polar surface area (TPSA) is 76.1 Å². The van der Waals surface area contributed by atoms with Gasteiger partial charge >= 0.3 is 6.08 Å². The molecule has 0 fully saturated rings. The molecular weight excluding hydrogens is 295 g/mol. The number of aromatic nitrogens is 3. The average molecular weight is 308 g/mol. The normalized spacial score (nSPS) is 11.1. The zero-order valence-corrected chi connectivity index (χ0v) is 12.1. The van der Waals surface area contributed by atoms with Crippen molar-refractivity contribution in [2.75, 3.05) is 11.4 Å². The summed E-state index contributed by atoms with van der Waals surface area (Å²) in [5.41, 5.74) is 0.645. The summed E-state index contributed by atoms with van der Waals surface area (Å²) >= 11 is 0. The van der Waals surface area contributed by atoms with E-state index >= 15 is 0 Å². The van der Waals surface area contributed by atoms with E-state index in [2.05, 4.69) is 21.5 Å². The predicted molar refractivity (Wildman–Crippen MR) is 76.3 cm³/mol. The Balaban J connectivity index is 2.38. The Morgan fingerprint density at radius 3 is 2.48 bits per heavy atom. The van der Waals surface area contributed by atoms with Gasteiger partial charge in [0.25, 0.3) is 0 Å². The quantitative estimate of drug-likeness (QED) is 0.842. The summed E-state index contributed by atoms with van der Waals surface area (Å²) in [6, 6.07) is 6.10. The third-order valence-corrected chi connectivity index (χ3v) is 4.15. The third-order valence-electron chi connectivity index (χ3n) is 2.78. The van der Waals surface area contributed by atoms with Gasteiger partial charge in [0.1, 0.15) is 6.33 Å². The molecule has 0 bridgehead atoms. The lowest BCUT2D eigenvalue weighted by molar-refractivity contribution is 0.532. The van der Waals surface area contributed by atoms with Crippen LogP contribution >= 0.6 is 0 Å². The largest absolute Gasteiger partial charge is 0.313 e. The number of anilines is 2. The van der Waals surface area contributed by atoms with Crippen molar-refractivity contribution in [2.24, 2.45) is 0 Å². The van der Waals surface area contributed by atoms with Gasteiger partial charge in [-0.25, -0.2) is 13.4 Å². The second-order valence-electron chi connectivity index (χ2n) is 4.00. The van der Waals surface area contributed by atoms with Crippen LogP contribution in [0.3, 0.4) is 0 Å². The lowest BCUT2D eigenvalue weighted by atomic mass is 10.3. The first-order valence-corrected chi connectivity index (χ1v) is 7.62. The lowest BCUT2D eigenvalue weighted by Crippen LogP contribution is -2.19. The van der Waals surface area contributed by atoms with Gasteiger partial charge in [-0.15, -0.1) is 0 Å². The van der Waals surface area contributed by atoms with Crippen molar-refractivity contribution in [3.63, 3.8) is 0 Å². The molecule has 0 aliphatic carbocycles. The van der Waals surface area contributed by atoms with Crippen LogP contribution in [0.4, 0.5) is 16.0 Å². The van der Waals surface area contributed by atoms with E-state index in [0.29, 0.717) is 12.2 Å². The summed E-state index contributed by atoms with van der Waals surface area (Å²) in [6.07, 6.45) is 0.209. The van der Waals surface area contributed by atoms with Crippen LogP contribution in [0.15, 0.2) is 47.5 Å². The number of nitrogens with zero attached hydrogens (tertiary/aromatic N) is 4. The molecule has 0 unspecified atom stereocenters. The van der Waals surface area contributed by atoms with Crippen LogP contribution in [-0.2, 0) is 9.84 Å². The van der Waals surface area contributed by atoms with E-state index in [-0.39, 0.29) is 10.8 Å². The molecule has 0 radical (unpaired) electrons. The van der Waals surface area contributed by atoms with E-state index < -0.39 is 15.9 Å². The highest BCUT2D eigenvalue weighted by atomic mass is 32.2. The molecule has 0 atom stereocenters. The Bertz CT molecular complexity index is 747. The maximum Gasteiger partial charge on any atom is 0.313 e. The Kier molecular flexibility index (Phi) is 4.27. The number of rotatable bonds is 5. The zero-order chi connectivity index (χ0) is 15.5. The fourth-order valence-electron chi connectivity index (χ4n) is 1.75. The predicted octanol–water partition coefficient (Wildman–Crippen LogP) is 2.09. The third kappa shape index (κ3) is 3.22. The van der Waals surface area contributed by atoms with Crippen LogP contribution in [0.5, 0.6) is 0 Å². The van der Waals surface area contributed by atoms with Gasteiger partial charge in [0.2, 0.25) is 5.95 Å². The van der Waals surface area contributed by atoms with Gasteiger partial charge < -0.3 is 4.90 Å². The molecule has 2 aromatic rings. The van der Waals surface area contributed by atoms with Crippen LogP contribution in [0, 0.1) is 6.08 Å². The maximum absolute atomic E-state index is 13.1. The molecule has 110 valence electrons. The summed E-state index contributed by atoms with van der Waals surface area (Å²) in [5.74, 6) is 0.157. The van der Waals surface area contributed by atoms with E-state index in [1.807, 2.05) is 6.92 Å². The minimum atomic E-state index is -3.47. The first kappa shape index (κ1) is 15.0. The Morgan fingerprint density at radius 2 is 1.95 bits per heavy atom. The second kappa shape index (κ2) is 5.96. The van der Waals surface area contributed by atoms with Crippen LogP contribution < -0.4 is 4.90 Å². The molecule has 0 saturated carbocycles. The second-order valence-corrected chi connectivity index (χ2v) is 5.90. The number of sulfone groups is 1. The highest BCUT2D eigenvalue weighted by molar-refractivity contribution is 7.94. The van der Waals surface area contributed by atoms with E-state index in [1.54, 1.807) is 17.0 Å². The number of hydrogen-bond acceptors (Lipinski definition) is 6. The SMILES string of the molecule is C=CS(=O)(=O)c1ccc(N(CC)c2ncnc(F)n2)cc1. The molecule has 8 heteroatoms.